The predicted molar refractivity (Wildman–Crippen MR) is 47.1 cm³/mol. The van der Waals surface area contributed by atoms with Gasteiger partial charge in [0, 0.05) is 12.8 Å². The monoisotopic (exact) mass is 164 g/mol. The first-order chi connectivity index (χ1) is 5.95. The number of nitrogens with one attached hydrogen (secondary N) is 1. The molecular formula is C9H12N2O. The van der Waals surface area contributed by atoms with Gasteiger partial charge in [-0.25, -0.2) is 4.98 Å². The van der Waals surface area contributed by atoms with Crippen LogP contribution in [-0.4, -0.2) is 24.2 Å². The first kappa shape index (κ1) is 7.55. The highest BCUT2D eigenvalue weighted by atomic mass is 16.5. The number of pyridine rings is 1. The molecule has 0 saturated carbocycles. The van der Waals surface area contributed by atoms with Crippen LogP contribution in [0.1, 0.15) is 6.42 Å². The van der Waals surface area contributed by atoms with Crippen LogP contribution in [-0.2, 0) is 4.74 Å². The second-order valence-corrected chi connectivity index (χ2v) is 2.92. The quantitative estimate of drug-likeness (QED) is 0.715. The molecule has 12 heavy (non-hydrogen) atoms. The van der Waals surface area contributed by atoms with E-state index in [4.69, 9.17) is 4.74 Å². The number of anilines is 1. The zero-order valence-corrected chi connectivity index (χ0v) is 6.86. The first-order valence-corrected chi connectivity index (χ1v) is 4.20. The molecule has 3 heteroatoms. The van der Waals surface area contributed by atoms with E-state index in [1.807, 2.05) is 18.2 Å². The predicted octanol–water partition coefficient (Wildman–Crippen LogP) is 1.28. The van der Waals surface area contributed by atoms with Crippen molar-refractivity contribution in [3.63, 3.8) is 0 Å². The molecule has 1 aliphatic heterocycles. The third-order valence-electron chi connectivity index (χ3n) is 1.95. The van der Waals surface area contributed by atoms with Crippen LogP contribution < -0.4 is 5.32 Å². The molecule has 2 rings (SSSR count). The highest BCUT2D eigenvalue weighted by molar-refractivity contribution is 5.34. The van der Waals surface area contributed by atoms with Crippen molar-refractivity contribution >= 4 is 5.82 Å². The van der Waals surface area contributed by atoms with Crippen molar-refractivity contribution in [3.8, 4) is 0 Å². The van der Waals surface area contributed by atoms with Crippen molar-refractivity contribution in [1.29, 1.82) is 0 Å². The molecule has 1 aromatic rings. The molecule has 1 N–H and O–H groups in total. The van der Waals surface area contributed by atoms with E-state index in [2.05, 4.69) is 10.3 Å². The van der Waals surface area contributed by atoms with Crippen molar-refractivity contribution in [1.82, 2.24) is 4.98 Å². The molecule has 1 saturated heterocycles. The largest absolute Gasteiger partial charge is 0.379 e. The van der Waals surface area contributed by atoms with Crippen LogP contribution in [0, 0.1) is 0 Å². The van der Waals surface area contributed by atoms with E-state index in [1.54, 1.807) is 6.20 Å². The van der Waals surface area contributed by atoms with E-state index in [-0.39, 0.29) is 0 Å². The summed E-state index contributed by atoms with van der Waals surface area (Å²) in [5, 5.41) is 3.30. The van der Waals surface area contributed by atoms with E-state index in [0.717, 1.165) is 25.5 Å². The highest BCUT2D eigenvalue weighted by Gasteiger charge is 2.14. The highest BCUT2D eigenvalue weighted by Crippen LogP contribution is 2.10. The molecule has 0 aliphatic carbocycles. The summed E-state index contributed by atoms with van der Waals surface area (Å²) in [5.41, 5.74) is 0. The van der Waals surface area contributed by atoms with Gasteiger partial charge in [0.1, 0.15) is 5.82 Å². The zero-order valence-electron chi connectivity index (χ0n) is 6.86. The van der Waals surface area contributed by atoms with Gasteiger partial charge in [0.15, 0.2) is 0 Å². The second-order valence-electron chi connectivity index (χ2n) is 2.92. The average molecular weight is 164 g/mol. The fourth-order valence-electron chi connectivity index (χ4n) is 1.31. The van der Waals surface area contributed by atoms with E-state index in [0.29, 0.717) is 6.04 Å². The minimum absolute atomic E-state index is 0.444. The smallest absolute Gasteiger partial charge is 0.126 e. The van der Waals surface area contributed by atoms with Gasteiger partial charge in [-0.05, 0) is 18.6 Å². The molecule has 0 spiro atoms. The second kappa shape index (κ2) is 3.54. The Hall–Kier alpha value is -1.09. The molecule has 0 aromatic carbocycles. The summed E-state index contributed by atoms with van der Waals surface area (Å²) in [6, 6.07) is 6.31. The van der Waals surface area contributed by atoms with E-state index >= 15 is 0 Å². The van der Waals surface area contributed by atoms with Gasteiger partial charge in [-0.15, -0.1) is 0 Å². The molecule has 0 bridgehead atoms. The first-order valence-electron chi connectivity index (χ1n) is 4.20. The lowest BCUT2D eigenvalue weighted by Gasteiger charge is -2.09. The Bertz CT molecular complexity index is 232. The molecule has 0 radical (unpaired) electrons. The number of nitrogens with zero attached hydrogens (tertiary/aromatic N) is 1. The summed E-state index contributed by atoms with van der Waals surface area (Å²) >= 11 is 0. The Morgan fingerprint density at radius 1 is 1.50 bits per heavy atom. The third kappa shape index (κ3) is 1.74. The van der Waals surface area contributed by atoms with Gasteiger partial charge < -0.3 is 10.1 Å². The van der Waals surface area contributed by atoms with Gasteiger partial charge in [0.25, 0.3) is 0 Å². The van der Waals surface area contributed by atoms with Gasteiger partial charge >= 0.3 is 0 Å². The van der Waals surface area contributed by atoms with E-state index < -0.39 is 0 Å². The average Bonchev–Trinajstić information content (AvgIpc) is 2.59. The summed E-state index contributed by atoms with van der Waals surface area (Å²) in [6.45, 7) is 1.67. The number of hydrogen-bond donors (Lipinski definition) is 1. The van der Waals surface area contributed by atoms with Gasteiger partial charge in [0.2, 0.25) is 0 Å². The molecular weight excluding hydrogens is 152 g/mol. The zero-order chi connectivity index (χ0) is 8.23. The van der Waals surface area contributed by atoms with E-state index in [9.17, 15) is 0 Å². The van der Waals surface area contributed by atoms with Crippen LogP contribution in [0.25, 0.3) is 0 Å². The summed E-state index contributed by atoms with van der Waals surface area (Å²) in [4.78, 5) is 4.18. The summed E-state index contributed by atoms with van der Waals surface area (Å²) in [7, 11) is 0. The minimum atomic E-state index is 0.444. The Labute approximate surface area is 71.8 Å². The lowest BCUT2D eigenvalue weighted by Crippen LogP contribution is -2.19. The van der Waals surface area contributed by atoms with Crippen molar-refractivity contribution < 1.29 is 4.74 Å². The van der Waals surface area contributed by atoms with Crippen LogP contribution >= 0.6 is 0 Å². The Morgan fingerprint density at radius 3 is 3.17 bits per heavy atom. The maximum atomic E-state index is 5.24. The number of rotatable bonds is 2. The molecule has 64 valence electrons. The summed E-state index contributed by atoms with van der Waals surface area (Å²) in [6.07, 6.45) is 2.87. The molecule has 1 aromatic heterocycles. The van der Waals surface area contributed by atoms with Gasteiger partial charge in [0.05, 0.1) is 12.6 Å². The summed E-state index contributed by atoms with van der Waals surface area (Å²) < 4.78 is 5.24. The van der Waals surface area contributed by atoms with Crippen molar-refractivity contribution in [3.05, 3.63) is 24.4 Å². The Kier molecular flexibility index (Phi) is 2.23. The number of aromatic nitrogens is 1. The molecule has 1 fully saturated rings. The van der Waals surface area contributed by atoms with Crippen molar-refractivity contribution in [2.24, 2.45) is 0 Å². The number of hydrogen-bond acceptors (Lipinski definition) is 3. The van der Waals surface area contributed by atoms with Crippen LogP contribution in [0.3, 0.4) is 0 Å². The topological polar surface area (TPSA) is 34.1 Å². The minimum Gasteiger partial charge on any atom is -0.379 e. The molecule has 1 atom stereocenters. The number of ether oxygens (including phenoxy) is 1. The maximum Gasteiger partial charge on any atom is 0.126 e. The third-order valence-corrected chi connectivity index (χ3v) is 1.95. The Morgan fingerprint density at radius 2 is 2.50 bits per heavy atom. The van der Waals surface area contributed by atoms with Crippen LogP contribution in [0.15, 0.2) is 24.4 Å². The van der Waals surface area contributed by atoms with Gasteiger partial charge in [-0.1, -0.05) is 6.07 Å². The van der Waals surface area contributed by atoms with Crippen molar-refractivity contribution in [2.75, 3.05) is 18.5 Å². The van der Waals surface area contributed by atoms with E-state index in [1.165, 1.54) is 0 Å². The molecule has 1 unspecified atom stereocenters. The normalized spacial score (nSPS) is 22.5. The Balaban J connectivity index is 1.94. The molecule has 3 nitrogen and oxygen atoms in total. The van der Waals surface area contributed by atoms with Gasteiger partial charge in [-0.2, -0.15) is 0 Å². The van der Waals surface area contributed by atoms with Crippen molar-refractivity contribution in [2.45, 2.75) is 12.5 Å². The van der Waals surface area contributed by atoms with Crippen LogP contribution in [0.5, 0.6) is 0 Å². The standard InChI is InChI=1S/C9H12N2O/c1-2-5-10-9(3-1)11-8-4-6-12-7-8/h1-3,5,8H,4,6-7H2,(H,10,11). The molecule has 1 aliphatic rings. The fourth-order valence-corrected chi connectivity index (χ4v) is 1.31. The summed E-state index contributed by atoms with van der Waals surface area (Å²) in [5.74, 6) is 0.938. The van der Waals surface area contributed by atoms with Crippen LogP contribution in [0.2, 0.25) is 0 Å². The lowest BCUT2D eigenvalue weighted by atomic mass is 10.2. The van der Waals surface area contributed by atoms with Gasteiger partial charge in [-0.3, -0.25) is 0 Å². The maximum absolute atomic E-state index is 5.24. The fraction of sp³-hybridized carbons (Fsp3) is 0.444. The molecule has 2 heterocycles. The van der Waals surface area contributed by atoms with Crippen LogP contribution in [0.4, 0.5) is 5.82 Å². The molecule has 0 amide bonds. The SMILES string of the molecule is c1ccc(NC2CCOC2)nc1. The lowest BCUT2D eigenvalue weighted by molar-refractivity contribution is 0.195.